The molecule has 0 spiro atoms. The van der Waals surface area contributed by atoms with Crippen LogP contribution in [-0.2, 0) is 0 Å². The first-order chi connectivity index (χ1) is 30.7. The summed E-state index contributed by atoms with van der Waals surface area (Å²) in [7, 11) is 0. The van der Waals surface area contributed by atoms with E-state index in [1.165, 1.54) is 21.7 Å². The molecule has 1 N–H and O–H groups in total. The van der Waals surface area contributed by atoms with Crippen LogP contribution in [0.1, 0.15) is 22.9 Å². The number of hydrogen-bond acceptors (Lipinski definition) is 5. The van der Waals surface area contributed by atoms with Gasteiger partial charge in [0.2, 0.25) is 0 Å². The number of benzene rings is 10. The lowest BCUT2D eigenvalue weighted by Crippen LogP contribution is -2.33. The van der Waals surface area contributed by atoms with E-state index in [1.54, 1.807) is 0 Å². The van der Waals surface area contributed by atoms with Crippen LogP contribution in [-0.4, -0.2) is 11.7 Å². The molecule has 0 saturated heterocycles. The fourth-order valence-electron chi connectivity index (χ4n) is 9.48. The van der Waals surface area contributed by atoms with Crippen LogP contribution >= 0.6 is 0 Å². The second-order valence-corrected chi connectivity index (χ2v) is 16.1. The Balaban J connectivity index is 0.968. The van der Waals surface area contributed by atoms with Crippen LogP contribution < -0.4 is 5.32 Å². The molecule has 0 aliphatic carbocycles. The molecule has 1 aliphatic heterocycles. The summed E-state index contributed by atoms with van der Waals surface area (Å²) < 4.78 is 12.9. The third-order valence-corrected chi connectivity index (χ3v) is 12.5. The molecule has 3 heterocycles. The lowest BCUT2D eigenvalue weighted by molar-refractivity contribution is 0.655. The van der Waals surface area contributed by atoms with Crippen molar-refractivity contribution in [2.45, 2.75) is 6.17 Å². The number of para-hydroxylation sites is 1. The van der Waals surface area contributed by atoms with E-state index < -0.39 is 6.17 Å². The molecular weight excluding hydrogens is 759 g/mol. The maximum absolute atomic E-state index is 6.53. The lowest BCUT2D eigenvalue weighted by Gasteiger charge is -2.24. The van der Waals surface area contributed by atoms with Crippen LogP contribution in [0.2, 0.25) is 0 Å². The zero-order chi connectivity index (χ0) is 40.7. The quantitative estimate of drug-likeness (QED) is 0.189. The molecule has 0 amide bonds. The summed E-state index contributed by atoms with van der Waals surface area (Å²) in [6.45, 7) is 0. The maximum atomic E-state index is 6.53. The molecule has 13 rings (SSSR count). The molecule has 1 atom stereocenters. The predicted octanol–water partition coefficient (Wildman–Crippen LogP) is 14.8. The molecule has 12 aromatic rings. The number of nitrogens with one attached hydrogen (secondary N) is 1. The van der Waals surface area contributed by atoms with E-state index >= 15 is 0 Å². The van der Waals surface area contributed by atoms with Crippen molar-refractivity contribution in [3.63, 3.8) is 0 Å². The smallest absolute Gasteiger partial charge is 0.160 e. The van der Waals surface area contributed by atoms with Crippen LogP contribution in [0.4, 0.5) is 0 Å². The van der Waals surface area contributed by atoms with Crippen LogP contribution in [0.15, 0.2) is 219 Å². The molecule has 1 unspecified atom stereocenters. The van der Waals surface area contributed by atoms with Gasteiger partial charge in [-0.3, -0.25) is 0 Å². The molecule has 0 fully saturated rings. The highest BCUT2D eigenvalue weighted by atomic mass is 16.3. The maximum Gasteiger partial charge on any atom is 0.160 e. The SMILES string of the molecule is c1ccc2cc(C3=NC(c4cccc5c(-c6cccc7oc8ccc(-c9ccc%10ccccc%10c9)cc8c67)cccc45)=NC(c4ccc5c(c4)oc4ccccc45)N3)ccc2c1. The summed E-state index contributed by atoms with van der Waals surface area (Å²) in [4.78, 5) is 10.7. The summed E-state index contributed by atoms with van der Waals surface area (Å²) >= 11 is 0. The molecule has 0 bridgehead atoms. The summed E-state index contributed by atoms with van der Waals surface area (Å²) in [5, 5.41) is 15.0. The highest BCUT2D eigenvalue weighted by Crippen LogP contribution is 2.42. The summed E-state index contributed by atoms with van der Waals surface area (Å²) in [5.41, 5.74) is 10.9. The minimum absolute atomic E-state index is 0.414. The molecule has 2 aromatic heterocycles. The first kappa shape index (κ1) is 34.6. The van der Waals surface area contributed by atoms with Crippen molar-refractivity contribution in [3.05, 3.63) is 217 Å². The standard InChI is InChI=1S/C57H35N3O2/c1-3-12-36-30-38(24-22-34(36)10-1)39-27-29-51-49(32-39)54-47(18-9-21-52(54)61-51)43-16-7-17-44-42(43)15-8-19-48(44)57-59-55(40-25-23-35-11-2-4-13-37(35)31-40)58-56(60-57)41-26-28-46-45-14-5-6-20-50(45)62-53(46)33-41/h1-33,56H,(H,58,59,60). The van der Waals surface area contributed by atoms with Crippen LogP contribution in [0.25, 0.3) is 98.4 Å². The molecule has 5 nitrogen and oxygen atoms in total. The average molecular weight is 794 g/mol. The van der Waals surface area contributed by atoms with E-state index in [1.807, 2.05) is 18.2 Å². The van der Waals surface area contributed by atoms with Crippen molar-refractivity contribution in [2.75, 3.05) is 0 Å². The second kappa shape index (κ2) is 13.6. The number of nitrogens with zero attached hydrogens (tertiary/aromatic N) is 2. The van der Waals surface area contributed by atoms with Crippen molar-refractivity contribution >= 4 is 87.9 Å². The predicted molar refractivity (Wildman–Crippen MR) is 256 cm³/mol. The Kier molecular flexibility index (Phi) is 7.60. The molecule has 62 heavy (non-hydrogen) atoms. The first-order valence-electron chi connectivity index (χ1n) is 21.0. The topological polar surface area (TPSA) is 63.0 Å². The van der Waals surface area contributed by atoms with Crippen molar-refractivity contribution in [3.8, 4) is 22.3 Å². The van der Waals surface area contributed by atoms with Crippen molar-refractivity contribution in [2.24, 2.45) is 9.98 Å². The van der Waals surface area contributed by atoms with Gasteiger partial charge in [-0.2, -0.15) is 0 Å². The number of rotatable bonds is 5. The highest BCUT2D eigenvalue weighted by Gasteiger charge is 2.24. The van der Waals surface area contributed by atoms with Gasteiger partial charge in [-0.15, -0.1) is 0 Å². The van der Waals surface area contributed by atoms with E-state index in [9.17, 15) is 0 Å². The number of fused-ring (bicyclic) bond motifs is 9. The monoisotopic (exact) mass is 793 g/mol. The van der Waals surface area contributed by atoms with Gasteiger partial charge >= 0.3 is 0 Å². The van der Waals surface area contributed by atoms with Crippen molar-refractivity contribution in [1.82, 2.24) is 5.32 Å². The number of amidine groups is 2. The van der Waals surface area contributed by atoms with E-state index in [4.69, 9.17) is 18.8 Å². The molecule has 5 heteroatoms. The summed E-state index contributed by atoms with van der Waals surface area (Å²) in [6.07, 6.45) is -0.414. The zero-order valence-electron chi connectivity index (χ0n) is 33.3. The van der Waals surface area contributed by atoms with E-state index in [-0.39, 0.29) is 0 Å². The number of hydrogen-bond donors (Lipinski definition) is 1. The normalized spacial score (nSPS) is 14.3. The van der Waals surface area contributed by atoms with Gasteiger partial charge in [-0.05, 0) is 97.0 Å². The third kappa shape index (κ3) is 5.56. The van der Waals surface area contributed by atoms with Crippen molar-refractivity contribution < 1.29 is 8.83 Å². The van der Waals surface area contributed by atoms with Crippen LogP contribution in [0, 0.1) is 0 Å². The Morgan fingerprint density at radius 1 is 0.371 bits per heavy atom. The Labute approximate surface area is 355 Å². The largest absolute Gasteiger partial charge is 0.456 e. The van der Waals surface area contributed by atoms with Gasteiger partial charge in [0.1, 0.15) is 34.3 Å². The van der Waals surface area contributed by atoms with Gasteiger partial charge in [0.05, 0.1) is 0 Å². The van der Waals surface area contributed by atoms with E-state index in [2.05, 4.69) is 187 Å². The van der Waals surface area contributed by atoms with Gasteiger partial charge in [-0.1, -0.05) is 158 Å². The Bertz CT molecular complexity index is 3870. The molecule has 290 valence electrons. The van der Waals surface area contributed by atoms with Crippen molar-refractivity contribution in [1.29, 1.82) is 0 Å². The van der Waals surface area contributed by atoms with Gasteiger partial charge in [0, 0.05) is 38.2 Å². The Morgan fingerprint density at radius 2 is 0.952 bits per heavy atom. The molecule has 1 aliphatic rings. The Hall–Kier alpha value is -8.28. The molecule has 10 aromatic carbocycles. The Morgan fingerprint density at radius 3 is 1.79 bits per heavy atom. The minimum atomic E-state index is -0.414. The van der Waals surface area contributed by atoms with Gasteiger partial charge in [0.15, 0.2) is 5.84 Å². The fraction of sp³-hybridized carbons (Fsp3) is 0.0175. The van der Waals surface area contributed by atoms with Crippen LogP contribution in [0.5, 0.6) is 0 Å². The van der Waals surface area contributed by atoms with Gasteiger partial charge < -0.3 is 14.2 Å². The minimum Gasteiger partial charge on any atom is -0.456 e. The zero-order valence-corrected chi connectivity index (χ0v) is 33.3. The summed E-state index contributed by atoms with van der Waals surface area (Å²) in [6, 6.07) is 70.6. The van der Waals surface area contributed by atoms with E-state index in [0.717, 1.165) is 99.3 Å². The summed E-state index contributed by atoms with van der Waals surface area (Å²) in [5.74, 6) is 1.43. The lowest BCUT2D eigenvalue weighted by atomic mass is 9.92. The molecule has 0 radical (unpaired) electrons. The van der Waals surface area contributed by atoms with Gasteiger partial charge in [-0.25, -0.2) is 9.98 Å². The number of aliphatic imine (C=N–C) groups is 2. The highest BCUT2D eigenvalue weighted by molar-refractivity contribution is 6.21. The fourth-order valence-corrected chi connectivity index (χ4v) is 9.48. The van der Waals surface area contributed by atoms with Crippen LogP contribution in [0.3, 0.4) is 0 Å². The number of furan rings is 2. The third-order valence-electron chi connectivity index (χ3n) is 12.5. The average Bonchev–Trinajstić information content (AvgIpc) is 3.91. The second-order valence-electron chi connectivity index (χ2n) is 16.1. The van der Waals surface area contributed by atoms with E-state index in [0.29, 0.717) is 5.84 Å². The van der Waals surface area contributed by atoms with Gasteiger partial charge in [0.25, 0.3) is 0 Å². The first-order valence-corrected chi connectivity index (χ1v) is 21.0. The molecule has 0 saturated carbocycles. The molecular formula is C57H35N3O2.